The number of thiazole rings is 1. The van der Waals surface area contributed by atoms with Crippen LogP contribution in [0.15, 0.2) is 92.2 Å². The number of furan rings is 1. The molecular formula is C32H24Cl2N2O5S. The van der Waals surface area contributed by atoms with E-state index in [4.69, 9.17) is 37.1 Å². The van der Waals surface area contributed by atoms with Crippen LogP contribution in [0.5, 0.6) is 5.75 Å². The molecule has 5 aromatic rings. The molecule has 1 atom stereocenters. The van der Waals surface area contributed by atoms with Crippen LogP contribution in [0.3, 0.4) is 0 Å². The molecule has 1 aliphatic heterocycles. The quantitative estimate of drug-likeness (QED) is 0.202. The topological polar surface area (TPSA) is 83.0 Å². The van der Waals surface area contributed by atoms with Crippen LogP contribution in [0.1, 0.15) is 31.2 Å². The van der Waals surface area contributed by atoms with Crippen molar-refractivity contribution >= 4 is 57.4 Å². The van der Waals surface area contributed by atoms with Crippen LogP contribution in [-0.2, 0) is 9.53 Å². The SMILES string of the molecule is CCOC(=O)C1=C(C)N=c2s/c(=C/c3ccc(-c4cc(Cl)ccc4Cl)o3)c(=O)n2[C@@H]1c1c(OC)ccc2ccccc12. The molecule has 0 saturated heterocycles. The Balaban J connectivity index is 1.57. The molecule has 0 unspecified atom stereocenters. The lowest BCUT2D eigenvalue weighted by Gasteiger charge is -2.27. The molecule has 42 heavy (non-hydrogen) atoms. The Morgan fingerprint density at radius 1 is 1.12 bits per heavy atom. The van der Waals surface area contributed by atoms with Gasteiger partial charge in [0.2, 0.25) is 0 Å². The van der Waals surface area contributed by atoms with Gasteiger partial charge in [0.05, 0.1) is 34.5 Å². The van der Waals surface area contributed by atoms with Gasteiger partial charge in [-0.3, -0.25) is 9.36 Å². The molecule has 0 saturated carbocycles. The summed E-state index contributed by atoms with van der Waals surface area (Å²) in [4.78, 5) is 32.7. The number of ether oxygens (including phenoxy) is 2. The highest BCUT2D eigenvalue weighted by molar-refractivity contribution is 7.07. The maximum Gasteiger partial charge on any atom is 0.338 e. The summed E-state index contributed by atoms with van der Waals surface area (Å²) >= 11 is 13.7. The fraction of sp³-hybridized carbons (Fsp3) is 0.156. The number of aromatic nitrogens is 1. The fourth-order valence-corrected chi connectivity index (χ4v) is 6.60. The molecule has 3 aromatic carbocycles. The Morgan fingerprint density at radius 3 is 2.71 bits per heavy atom. The van der Waals surface area contributed by atoms with Gasteiger partial charge < -0.3 is 13.9 Å². The first-order chi connectivity index (χ1) is 20.3. The number of carbonyl (C=O) groups is 1. The third-order valence-electron chi connectivity index (χ3n) is 7.04. The van der Waals surface area contributed by atoms with Crippen LogP contribution < -0.4 is 19.6 Å². The molecule has 7 nitrogen and oxygen atoms in total. The lowest BCUT2D eigenvalue weighted by molar-refractivity contribution is -0.139. The number of hydrogen-bond donors (Lipinski definition) is 0. The summed E-state index contributed by atoms with van der Waals surface area (Å²) in [6, 6.07) is 19.4. The van der Waals surface area contributed by atoms with E-state index in [0.717, 1.165) is 10.8 Å². The van der Waals surface area contributed by atoms with Gasteiger partial charge in [0.15, 0.2) is 4.80 Å². The summed E-state index contributed by atoms with van der Waals surface area (Å²) < 4.78 is 19.2. The summed E-state index contributed by atoms with van der Waals surface area (Å²) in [6.45, 7) is 3.67. The summed E-state index contributed by atoms with van der Waals surface area (Å²) in [5.41, 5.74) is 1.74. The predicted octanol–water partition coefficient (Wildman–Crippen LogP) is 6.53. The summed E-state index contributed by atoms with van der Waals surface area (Å²) in [6.07, 6.45) is 1.66. The third kappa shape index (κ3) is 4.85. The Hall–Kier alpha value is -4.11. The fourth-order valence-electron chi connectivity index (χ4n) is 5.19. The number of esters is 1. The van der Waals surface area contributed by atoms with Crippen molar-refractivity contribution in [1.82, 2.24) is 4.57 Å². The first kappa shape index (κ1) is 28.0. The van der Waals surface area contributed by atoms with Crippen molar-refractivity contribution in [3.63, 3.8) is 0 Å². The summed E-state index contributed by atoms with van der Waals surface area (Å²) in [5.74, 6) is 0.966. The number of rotatable bonds is 6. The molecule has 0 radical (unpaired) electrons. The van der Waals surface area contributed by atoms with Crippen molar-refractivity contribution in [1.29, 1.82) is 0 Å². The van der Waals surface area contributed by atoms with Gasteiger partial charge in [0.25, 0.3) is 5.56 Å². The van der Waals surface area contributed by atoms with E-state index < -0.39 is 12.0 Å². The minimum atomic E-state index is -0.832. The maximum absolute atomic E-state index is 14.1. The van der Waals surface area contributed by atoms with Crippen molar-refractivity contribution in [3.05, 3.63) is 119 Å². The van der Waals surface area contributed by atoms with E-state index in [9.17, 15) is 9.59 Å². The molecule has 0 N–H and O–H groups in total. The maximum atomic E-state index is 14.1. The average molecular weight is 620 g/mol. The zero-order valence-corrected chi connectivity index (χ0v) is 25.1. The zero-order valence-electron chi connectivity index (χ0n) is 22.8. The highest BCUT2D eigenvalue weighted by Crippen LogP contribution is 2.40. The van der Waals surface area contributed by atoms with Gasteiger partial charge >= 0.3 is 5.97 Å². The van der Waals surface area contributed by atoms with Crippen LogP contribution in [0.4, 0.5) is 0 Å². The largest absolute Gasteiger partial charge is 0.496 e. The minimum absolute atomic E-state index is 0.177. The normalized spacial score (nSPS) is 15.1. The molecule has 2 aromatic heterocycles. The van der Waals surface area contributed by atoms with E-state index in [1.54, 1.807) is 57.4 Å². The first-order valence-electron chi connectivity index (χ1n) is 13.1. The lowest BCUT2D eigenvalue weighted by Crippen LogP contribution is -2.40. The lowest BCUT2D eigenvalue weighted by atomic mass is 9.90. The van der Waals surface area contributed by atoms with Gasteiger partial charge in [-0.15, -0.1) is 0 Å². The van der Waals surface area contributed by atoms with E-state index >= 15 is 0 Å². The highest BCUT2D eigenvalue weighted by Gasteiger charge is 2.36. The second-order valence-electron chi connectivity index (χ2n) is 9.53. The van der Waals surface area contributed by atoms with Crippen LogP contribution in [0, 0.1) is 0 Å². The highest BCUT2D eigenvalue weighted by atomic mass is 35.5. The van der Waals surface area contributed by atoms with Crippen LogP contribution in [0.2, 0.25) is 10.0 Å². The average Bonchev–Trinajstić information content (AvgIpc) is 3.57. The monoisotopic (exact) mass is 618 g/mol. The van der Waals surface area contributed by atoms with Crippen molar-refractivity contribution < 1.29 is 18.7 Å². The number of hydrogen-bond acceptors (Lipinski definition) is 7. The van der Waals surface area contributed by atoms with Crippen molar-refractivity contribution in [2.45, 2.75) is 19.9 Å². The van der Waals surface area contributed by atoms with E-state index in [-0.39, 0.29) is 17.7 Å². The Bertz CT molecular complexity index is 2090. The third-order valence-corrected chi connectivity index (χ3v) is 8.58. The molecule has 0 spiro atoms. The standard InChI is InChI=1S/C32H24Cl2N2O5S/c1-4-40-31(38)27-17(2)35-32-36(29(27)28-21-8-6-5-7-18(21)9-13-25(28)39-3)30(37)26(42-32)16-20-11-14-24(41-20)22-15-19(33)10-12-23(22)34/h5-16,29H,4H2,1-3H3/b26-16+/t29-/m0/s1. The second kappa shape index (κ2) is 11.3. The molecule has 212 valence electrons. The molecule has 0 fully saturated rings. The second-order valence-corrected chi connectivity index (χ2v) is 11.4. The van der Waals surface area contributed by atoms with Crippen molar-refractivity contribution in [2.75, 3.05) is 13.7 Å². The Morgan fingerprint density at radius 2 is 1.93 bits per heavy atom. The Labute approximate surface area is 254 Å². The van der Waals surface area contributed by atoms with Crippen LogP contribution >= 0.6 is 34.5 Å². The number of halogens is 2. The van der Waals surface area contributed by atoms with E-state index in [2.05, 4.69) is 4.99 Å². The van der Waals surface area contributed by atoms with Gasteiger partial charge in [-0.2, -0.15) is 0 Å². The van der Waals surface area contributed by atoms with Gasteiger partial charge in [0.1, 0.15) is 23.3 Å². The smallest absolute Gasteiger partial charge is 0.338 e. The molecule has 1 aliphatic rings. The van der Waals surface area contributed by atoms with E-state index in [1.165, 1.54) is 15.9 Å². The van der Waals surface area contributed by atoms with Crippen LogP contribution in [-0.4, -0.2) is 24.3 Å². The number of nitrogens with zero attached hydrogens (tertiary/aromatic N) is 2. The molecule has 0 aliphatic carbocycles. The minimum Gasteiger partial charge on any atom is -0.496 e. The summed E-state index contributed by atoms with van der Waals surface area (Å²) in [5, 5.41) is 2.81. The molecule has 6 rings (SSSR count). The van der Waals surface area contributed by atoms with Gasteiger partial charge in [-0.05, 0) is 61.0 Å². The molecule has 0 bridgehead atoms. The number of benzene rings is 3. The molecule has 0 amide bonds. The van der Waals surface area contributed by atoms with Crippen molar-refractivity contribution in [3.8, 4) is 17.1 Å². The van der Waals surface area contributed by atoms with E-state index in [0.29, 0.717) is 53.5 Å². The summed E-state index contributed by atoms with van der Waals surface area (Å²) in [7, 11) is 1.57. The van der Waals surface area contributed by atoms with Crippen LogP contribution in [0.25, 0.3) is 28.2 Å². The number of allylic oxidation sites excluding steroid dienone is 1. The molecule has 10 heteroatoms. The number of fused-ring (bicyclic) bond motifs is 2. The molecular weight excluding hydrogens is 595 g/mol. The number of carbonyl (C=O) groups excluding carboxylic acids is 1. The van der Waals surface area contributed by atoms with Crippen molar-refractivity contribution in [2.24, 2.45) is 4.99 Å². The number of methoxy groups -OCH3 is 1. The van der Waals surface area contributed by atoms with Gasteiger partial charge in [-0.25, -0.2) is 9.79 Å². The molecule has 3 heterocycles. The Kier molecular flexibility index (Phi) is 7.53. The van der Waals surface area contributed by atoms with Gasteiger partial charge in [0, 0.05) is 22.2 Å². The van der Waals surface area contributed by atoms with E-state index in [1.807, 2.05) is 36.4 Å². The zero-order chi connectivity index (χ0) is 29.5. The predicted molar refractivity (Wildman–Crippen MR) is 165 cm³/mol. The first-order valence-corrected chi connectivity index (χ1v) is 14.7. The van der Waals surface area contributed by atoms with Gasteiger partial charge in [-0.1, -0.05) is 64.9 Å².